The Balaban J connectivity index is 1.95. The number of hydrogen-bond acceptors (Lipinski definition) is 4. The van der Waals surface area contributed by atoms with Crippen molar-refractivity contribution < 1.29 is 18.4 Å². The van der Waals surface area contributed by atoms with Crippen molar-refractivity contribution in [3.8, 4) is 0 Å². The third-order valence-electron chi connectivity index (χ3n) is 6.07. The third-order valence-corrected chi connectivity index (χ3v) is 11.1. The third kappa shape index (κ3) is 6.44. The van der Waals surface area contributed by atoms with Crippen LogP contribution in [-0.4, -0.2) is 26.6 Å². The molecule has 0 saturated heterocycles. The molecule has 0 fully saturated rings. The van der Waals surface area contributed by atoms with Gasteiger partial charge in [-0.05, 0) is 48.3 Å². The second-order valence-electron chi connectivity index (χ2n) is 11.1. The Labute approximate surface area is 211 Å². The summed E-state index contributed by atoms with van der Waals surface area (Å²) < 4.78 is 18.3. The molecular weight excluding hydrogens is 454 g/mol. The summed E-state index contributed by atoms with van der Waals surface area (Å²) in [4.78, 5) is 12.7. The zero-order valence-electron chi connectivity index (χ0n) is 22.0. The maximum absolute atomic E-state index is 12.7. The Morgan fingerprint density at radius 1 is 0.886 bits per heavy atom. The summed E-state index contributed by atoms with van der Waals surface area (Å²) in [6.45, 7) is 14.8. The van der Waals surface area contributed by atoms with Crippen LogP contribution in [0.15, 0.2) is 83.5 Å². The van der Waals surface area contributed by atoms with E-state index in [0.29, 0.717) is 12.4 Å². The summed E-state index contributed by atoms with van der Waals surface area (Å²) in [5.74, 6) is 0.602. The summed E-state index contributed by atoms with van der Waals surface area (Å²) >= 11 is 0. The highest BCUT2D eigenvalue weighted by molar-refractivity contribution is 6.99. The van der Waals surface area contributed by atoms with Gasteiger partial charge in [0.1, 0.15) is 11.4 Å². The molecule has 5 nitrogen and oxygen atoms in total. The standard InChI is InChI=1S/C29H39NO4Si/c1-22(26(25-19-14-20-32-25)30-27(31)34-28(2,3)4)21-33-35(29(5,6)7,23-15-10-8-11-16-23)24-17-12-9-13-18-24/h8-20,22,26H,21H2,1-7H3,(H,30,31)/t22-,26+/m1/s1. The van der Waals surface area contributed by atoms with Gasteiger partial charge in [0, 0.05) is 12.5 Å². The Hall–Kier alpha value is -2.83. The van der Waals surface area contributed by atoms with Crippen molar-refractivity contribution in [1.82, 2.24) is 5.32 Å². The quantitative estimate of drug-likeness (QED) is 0.388. The van der Waals surface area contributed by atoms with Crippen LogP contribution in [-0.2, 0) is 9.16 Å². The minimum Gasteiger partial charge on any atom is -0.467 e. The van der Waals surface area contributed by atoms with Crippen LogP contribution in [0.4, 0.5) is 4.79 Å². The molecule has 3 aromatic rings. The molecule has 1 N–H and O–H groups in total. The van der Waals surface area contributed by atoms with Crippen molar-refractivity contribution in [2.75, 3.05) is 6.61 Å². The SMILES string of the molecule is C[C@H](CO[Si](c1ccccc1)(c1ccccc1)C(C)(C)C)[C@H](NC(=O)OC(C)(C)C)c1ccco1. The molecule has 2 aromatic carbocycles. The van der Waals surface area contributed by atoms with Crippen LogP contribution in [0.3, 0.4) is 0 Å². The maximum Gasteiger partial charge on any atom is 0.408 e. The highest BCUT2D eigenvalue weighted by Crippen LogP contribution is 2.37. The molecule has 1 aromatic heterocycles. The Morgan fingerprint density at radius 2 is 1.43 bits per heavy atom. The molecule has 188 valence electrons. The first-order chi connectivity index (χ1) is 16.4. The molecule has 0 aliphatic carbocycles. The summed E-state index contributed by atoms with van der Waals surface area (Å²) in [6.07, 6.45) is 1.14. The number of hydrogen-bond donors (Lipinski definition) is 1. The van der Waals surface area contributed by atoms with Crippen LogP contribution >= 0.6 is 0 Å². The Kier molecular flexibility index (Phi) is 8.29. The lowest BCUT2D eigenvalue weighted by Crippen LogP contribution is -2.67. The van der Waals surface area contributed by atoms with Gasteiger partial charge in [0.25, 0.3) is 8.32 Å². The molecule has 6 heteroatoms. The van der Waals surface area contributed by atoms with E-state index in [1.165, 1.54) is 10.4 Å². The van der Waals surface area contributed by atoms with Gasteiger partial charge in [-0.2, -0.15) is 0 Å². The van der Waals surface area contributed by atoms with Crippen molar-refractivity contribution in [3.63, 3.8) is 0 Å². The fourth-order valence-corrected chi connectivity index (χ4v) is 9.18. The Bertz CT molecular complexity index is 1010. The lowest BCUT2D eigenvalue weighted by atomic mass is 10.0. The van der Waals surface area contributed by atoms with E-state index in [0.717, 1.165) is 0 Å². The normalized spacial score (nSPS) is 14.3. The second kappa shape index (κ2) is 10.8. The molecule has 0 radical (unpaired) electrons. The zero-order valence-corrected chi connectivity index (χ0v) is 23.0. The van der Waals surface area contributed by atoms with Gasteiger partial charge in [-0.1, -0.05) is 88.4 Å². The van der Waals surface area contributed by atoms with Crippen molar-refractivity contribution >= 4 is 24.8 Å². The highest BCUT2D eigenvalue weighted by Gasteiger charge is 2.50. The molecule has 35 heavy (non-hydrogen) atoms. The molecule has 1 amide bonds. The highest BCUT2D eigenvalue weighted by atomic mass is 28.4. The number of alkyl carbamates (subject to hydrolysis) is 1. The van der Waals surface area contributed by atoms with Crippen LogP contribution in [0.5, 0.6) is 0 Å². The topological polar surface area (TPSA) is 60.7 Å². The van der Waals surface area contributed by atoms with E-state index in [-0.39, 0.29) is 11.0 Å². The average Bonchev–Trinajstić information content (AvgIpc) is 3.32. The van der Waals surface area contributed by atoms with Crippen molar-refractivity contribution in [1.29, 1.82) is 0 Å². The number of benzene rings is 2. The molecule has 0 aliphatic heterocycles. The molecule has 1 heterocycles. The summed E-state index contributed by atoms with van der Waals surface area (Å²) in [7, 11) is -2.70. The number of carbonyl (C=O) groups is 1. The first kappa shape index (κ1) is 26.8. The van der Waals surface area contributed by atoms with Gasteiger partial charge >= 0.3 is 6.09 Å². The van der Waals surface area contributed by atoms with Gasteiger partial charge in [-0.15, -0.1) is 0 Å². The molecule has 2 atom stereocenters. The van der Waals surface area contributed by atoms with Crippen LogP contribution in [0.25, 0.3) is 0 Å². The molecule has 0 aliphatic rings. The fraction of sp³-hybridized carbons (Fsp3) is 0.414. The predicted molar refractivity (Wildman–Crippen MR) is 144 cm³/mol. The van der Waals surface area contributed by atoms with Gasteiger partial charge in [-0.3, -0.25) is 0 Å². The number of rotatable bonds is 8. The van der Waals surface area contributed by atoms with Crippen LogP contribution < -0.4 is 15.7 Å². The van der Waals surface area contributed by atoms with E-state index in [2.05, 4.69) is 81.5 Å². The van der Waals surface area contributed by atoms with E-state index in [4.69, 9.17) is 13.6 Å². The van der Waals surface area contributed by atoms with E-state index < -0.39 is 26.1 Å². The van der Waals surface area contributed by atoms with E-state index >= 15 is 0 Å². The minimum atomic E-state index is -2.70. The first-order valence-corrected chi connectivity index (χ1v) is 14.1. The van der Waals surface area contributed by atoms with Gasteiger partial charge in [-0.25, -0.2) is 4.79 Å². The van der Waals surface area contributed by atoms with E-state index in [9.17, 15) is 4.79 Å². The Morgan fingerprint density at radius 3 is 1.86 bits per heavy atom. The number of carbonyl (C=O) groups excluding carboxylic acids is 1. The van der Waals surface area contributed by atoms with Gasteiger partial charge in [0.05, 0.1) is 12.3 Å². The van der Waals surface area contributed by atoms with E-state index in [1.807, 2.05) is 45.0 Å². The molecule has 3 rings (SSSR count). The number of amides is 1. The average molecular weight is 494 g/mol. The van der Waals surface area contributed by atoms with Crippen molar-refractivity contribution in [2.24, 2.45) is 5.92 Å². The first-order valence-electron chi connectivity index (χ1n) is 12.2. The number of ether oxygens (including phenoxy) is 1. The molecule has 0 saturated carbocycles. The molecule has 0 unspecified atom stereocenters. The molecule has 0 bridgehead atoms. The smallest absolute Gasteiger partial charge is 0.408 e. The summed E-state index contributed by atoms with van der Waals surface area (Å²) in [5, 5.41) is 5.33. The predicted octanol–water partition coefficient (Wildman–Crippen LogP) is 6.06. The fourth-order valence-electron chi connectivity index (χ4n) is 4.51. The second-order valence-corrected chi connectivity index (χ2v) is 15.4. The van der Waals surface area contributed by atoms with Crippen molar-refractivity contribution in [2.45, 2.75) is 65.1 Å². The van der Waals surface area contributed by atoms with Crippen LogP contribution in [0, 0.1) is 5.92 Å². The number of nitrogens with one attached hydrogen (secondary N) is 1. The largest absolute Gasteiger partial charge is 0.467 e. The van der Waals surface area contributed by atoms with Gasteiger partial charge in [0.2, 0.25) is 0 Å². The zero-order chi connectivity index (χ0) is 25.7. The molecular formula is C29H39NO4Si. The van der Waals surface area contributed by atoms with Crippen molar-refractivity contribution in [3.05, 3.63) is 84.8 Å². The van der Waals surface area contributed by atoms with Gasteiger partial charge in [0.15, 0.2) is 0 Å². The van der Waals surface area contributed by atoms with Gasteiger partial charge < -0.3 is 18.9 Å². The van der Waals surface area contributed by atoms with E-state index in [1.54, 1.807) is 6.26 Å². The monoisotopic (exact) mass is 493 g/mol. The summed E-state index contributed by atoms with van der Waals surface area (Å²) in [6, 6.07) is 24.4. The van der Waals surface area contributed by atoms with Crippen LogP contribution in [0.2, 0.25) is 5.04 Å². The van der Waals surface area contributed by atoms with Crippen LogP contribution in [0.1, 0.15) is 60.3 Å². The lowest BCUT2D eigenvalue weighted by Gasteiger charge is -2.44. The summed E-state index contributed by atoms with van der Waals surface area (Å²) in [5.41, 5.74) is -0.591. The lowest BCUT2D eigenvalue weighted by molar-refractivity contribution is 0.0466. The number of furan rings is 1. The minimum absolute atomic E-state index is 0.0738. The molecule has 0 spiro atoms. The maximum atomic E-state index is 12.7.